The number of ether oxygens (including phenoxy) is 2. The standard InChI is InChI=1S/C14H15N3O3.ClH/c1-18-14(19-2)12(13-15-8-16-17-13)11-7-9-5-3-4-6-10(9)20-11;/h3-8,12,14H,1-2H3,(H,15,16,17);1H. The van der Waals surface area contributed by atoms with Gasteiger partial charge in [0.1, 0.15) is 29.4 Å². The van der Waals surface area contributed by atoms with Gasteiger partial charge in [0.2, 0.25) is 0 Å². The Kier molecular flexibility index (Phi) is 4.95. The second-order valence-corrected chi connectivity index (χ2v) is 4.37. The Hall–Kier alpha value is -1.89. The molecule has 21 heavy (non-hydrogen) atoms. The van der Waals surface area contributed by atoms with Crippen LogP contribution < -0.4 is 0 Å². The summed E-state index contributed by atoms with van der Waals surface area (Å²) in [4.78, 5) is 4.19. The van der Waals surface area contributed by atoms with Gasteiger partial charge in [0, 0.05) is 19.6 Å². The molecule has 3 aromatic rings. The Morgan fingerprint density at radius 1 is 1.19 bits per heavy atom. The van der Waals surface area contributed by atoms with Crippen LogP contribution >= 0.6 is 12.4 Å². The Balaban J connectivity index is 0.00000161. The molecule has 0 aliphatic rings. The fourth-order valence-corrected chi connectivity index (χ4v) is 2.29. The summed E-state index contributed by atoms with van der Waals surface area (Å²) in [5, 5.41) is 7.76. The SMILES string of the molecule is COC(OC)C(c1ncn[nH]1)c1cc2ccccc2o1.Cl. The maximum absolute atomic E-state index is 5.89. The summed E-state index contributed by atoms with van der Waals surface area (Å²) in [6.07, 6.45) is 0.941. The topological polar surface area (TPSA) is 73.2 Å². The van der Waals surface area contributed by atoms with Crippen molar-refractivity contribution in [3.8, 4) is 0 Å². The number of hydrogen-bond donors (Lipinski definition) is 1. The number of H-pyrrole nitrogens is 1. The van der Waals surface area contributed by atoms with E-state index in [0.29, 0.717) is 5.82 Å². The summed E-state index contributed by atoms with van der Waals surface area (Å²) in [5.41, 5.74) is 0.818. The number of para-hydroxylation sites is 1. The van der Waals surface area contributed by atoms with Crippen LogP contribution in [0.5, 0.6) is 0 Å². The monoisotopic (exact) mass is 309 g/mol. The molecule has 112 valence electrons. The molecule has 0 aliphatic carbocycles. The first kappa shape index (κ1) is 15.5. The van der Waals surface area contributed by atoms with Crippen molar-refractivity contribution >= 4 is 23.4 Å². The summed E-state index contributed by atoms with van der Waals surface area (Å²) < 4.78 is 16.6. The first-order chi connectivity index (χ1) is 9.83. The number of benzene rings is 1. The van der Waals surface area contributed by atoms with Crippen LogP contribution in [0.2, 0.25) is 0 Å². The molecule has 0 amide bonds. The van der Waals surface area contributed by atoms with Crippen LogP contribution in [-0.2, 0) is 9.47 Å². The molecule has 1 aromatic carbocycles. The van der Waals surface area contributed by atoms with Gasteiger partial charge in [-0.05, 0) is 12.1 Å². The van der Waals surface area contributed by atoms with Crippen molar-refractivity contribution in [2.45, 2.75) is 12.2 Å². The lowest BCUT2D eigenvalue weighted by molar-refractivity contribution is -0.114. The molecule has 0 bridgehead atoms. The third-order valence-corrected chi connectivity index (χ3v) is 3.22. The molecule has 0 saturated heterocycles. The van der Waals surface area contributed by atoms with E-state index in [1.807, 2.05) is 30.3 Å². The van der Waals surface area contributed by atoms with E-state index in [4.69, 9.17) is 13.9 Å². The fourth-order valence-electron chi connectivity index (χ4n) is 2.29. The number of aromatic nitrogens is 3. The van der Waals surface area contributed by atoms with Crippen molar-refractivity contribution in [1.82, 2.24) is 15.2 Å². The number of nitrogens with one attached hydrogen (secondary N) is 1. The molecule has 6 nitrogen and oxygen atoms in total. The fraction of sp³-hybridized carbons (Fsp3) is 0.286. The number of rotatable bonds is 5. The van der Waals surface area contributed by atoms with Gasteiger partial charge in [-0.25, -0.2) is 4.98 Å². The molecule has 0 saturated carbocycles. The summed E-state index contributed by atoms with van der Waals surface area (Å²) in [7, 11) is 3.17. The quantitative estimate of drug-likeness (QED) is 0.734. The highest BCUT2D eigenvalue weighted by Gasteiger charge is 2.30. The predicted octanol–water partition coefficient (Wildman–Crippen LogP) is 2.72. The lowest BCUT2D eigenvalue weighted by atomic mass is 10.0. The van der Waals surface area contributed by atoms with Gasteiger partial charge in [0.25, 0.3) is 0 Å². The van der Waals surface area contributed by atoms with E-state index >= 15 is 0 Å². The van der Waals surface area contributed by atoms with Crippen LogP contribution in [0.25, 0.3) is 11.0 Å². The minimum Gasteiger partial charge on any atom is -0.460 e. The Bertz CT molecular complexity index is 647. The molecular weight excluding hydrogens is 294 g/mol. The van der Waals surface area contributed by atoms with Crippen LogP contribution in [-0.4, -0.2) is 35.7 Å². The van der Waals surface area contributed by atoms with E-state index in [-0.39, 0.29) is 18.3 Å². The Morgan fingerprint density at radius 2 is 1.95 bits per heavy atom. The van der Waals surface area contributed by atoms with Crippen LogP contribution in [0.15, 0.2) is 41.1 Å². The molecule has 3 rings (SSSR count). The van der Waals surface area contributed by atoms with E-state index in [2.05, 4.69) is 15.2 Å². The van der Waals surface area contributed by atoms with E-state index in [1.54, 1.807) is 14.2 Å². The van der Waals surface area contributed by atoms with Gasteiger partial charge in [-0.1, -0.05) is 18.2 Å². The highest BCUT2D eigenvalue weighted by Crippen LogP contribution is 2.31. The number of fused-ring (bicyclic) bond motifs is 1. The van der Waals surface area contributed by atoms with Gasteiger partial charge >= 0.3 is 0 Å². The highest BCUT2D eigenvalue weighted by molar-refractivity contribution is 5.85. The van der Waals surface area contributed by atoms with Gasteiger partial charge in [0.15, 0.2) is 6.29 Å². The summed E-state index contributed by atoms with van der Waals surface area (Å²) in [5.74, 6) is 1.05. The maximum atomic E-state index is 5.89. The molecule has 1 atom stereocenters. The van der Waals surface area contributed by atoms with Crippen LogP contribution in [0.1, 0.15) is 17.5 Å². The lowest BCUT2D eigenvalue weighted by Crippen LogP contribution is -2.24. The summed E-state index contributed by atoms with van der Waals surface area (Å²) in [6.45, 7) is 0. The number of furan rings is 1. The molecule has 2 heterocycles. The second kappa shape index (κ2) is 6.71. The third-order valence-electron chi connectivity index (χ3n) is 3.22. The van der Waals surface area contributed by atoms with Crippen molar-refractivity contribution in [3.63, 3.8) is 0 Å². The number of methoxy groups -OCH3 is 2. The van der Waals surface area contributed by atoms with E-state index in [1.165, 1.54) is 6.33 Å². The minimum absolute atomic E-state index is 0. The zero-order valence-corrected chi connectivity index (χ0v) is 12.5. The smallest absolute Gasteiger partial charge is 0.173 e. The van der Waals surface area contributed by atoms with Gasteiger partial charge in [-0.2, -0.15) is 5.10 Å². The van der Waals surface area contributed by atoms with Gasteiger partial charge in [0.05, 0.1) is 0 Å². The van der Waals surface area contributed by atoms with Gasteiger partial charge in [-0.3, -0.25) is 5.10 Å². The molecule has 0 fully saturated rings. The molecule has 0 spiro atoms. The first-order valence-corrected chi connectivity index (χ1v) is 6.23. The molecule has 1 unspecified atom stereocenters. The van der Waals surface area contributed by atoms with Crippen molar-refractivity contribution in [1.29, 1.82) is 0 Å². The third kappa shape index (κ3) is 2.92. The Labute approximate surface area is 127 Å². The van der Waals surface area contributed by atoms with E-state index in [0.717, 1.165) is 16.7 Å². The normalized spacial score (nSPS) is 12.5. The number of nitrogens with zero attached hydrogens (tertiary/aromatic N) is 2. The summed E-state index contributed by atoms with van der Waals surface area (Å²) in [6, 6.07) is 9.78. The van der Waals surface area contributed by atoms with Crippen LogP contribution in [0, 0.1) is 0 Å². The summed E-state index contributed by atoms with van der Waals surface area (Å²) >= 11 is 0. The maximum Gasteiger partial charge on any atom is 0.173 e. The average Bonchev–Trinajstić information content (AvgIpc) is 3.13. The number of hydrogen-bond acceptors (Lipinski definition) is 5. The molecule has 2 aromatic heterocycles. The van der Waals surface area contributed by atoms with E-state index < -0.39 is 6.29 Å². The zero-order chi connectivity index (χ0) is 13.9. The average molecular weight is 310 g/mol. The van der Waals surface area contributed by atoms with Crippen LogP contribution in [0.4, 0.5) is 0 Å². The van der Waals surface area contributed by atoms with Crippen molar-refractivity contribution in [3.05, 3.63) is 48.2 Å². The lowest BCUT2D eigenvalue weighted by Gasteiger charge is -2.20. The molecule has 7 heteroatoms. The van der Waals surface area contributed by atoms with Gasteiger partial charge in [-0.15, -0.1) is 12.4 Å². The molecule has 0 aliphatic heterocycles. The van der Waals surface area contributed by atoms with Crippen LogP contribution in [0.3, 0.4) is 0 Å². The molecule has 0 radical (unpaired) electrons. The highest BCUT2D eigenvalue weighted by atomic mass is 35.5. The van der Waals surface area contributed by atoms with E-state index in [9.17, 15) is 0 Å². The largest absolute Gasteiger partial charge is 0.460 e. The van der Waals surface area contributed by atoms with Crippen molar-refractivity contribution in [2.24, 2.45) is 0 Å². The minimum atomic E-state index is -0.511. The second-order valence-electron chi connectivity index (χ2n) is 4.37. The zero-order valence-electron chi connectivity index (χ0n) is 11.6. The predicted molar refractivity (Wildman–Crippen MR) is 79.5 cm³/mol. The number of halogens is 1. The molecule has 1 N–H and O–H groups in total. The van der Waals surface area contributed by atoms with Gasteiger partial charge < -0.3 is 13.9 Å². The number of aromatic amines is 1. The first-order valence-electron chi connectivity index (χ1n) is 6.23. The van der Waals surface area contributed by atoms with Crippen molar-refractivity contribution < 1.29 is 13.9 Å². The molecular formula is C14H16ClN3O3. The Morgan fingerprint density at radius 3 is 2.57 bits per heavy atom. The van der Waals surface area contributed by atoms with Crippen molar-refractivity contribution in [2.75, 3.05) is 14.2 Å².